The zero-order chi connectivity index (χ0) is 18.4. The number of hydrogen-bond acceptors (Lipinski definition) is 5. The van der Waals surface area contributed by atoms with E-state index in [1.807, 2.05) is 0 Å². The van der Waals surface area contributed by atoms with Crippen molar-refractivity contribution in [1.82, 2.24) is 5.32 Å². The zero-order valence-electron chi connectivity index (χ0n) is 14.3. The van der Waals surface area contributed by atoms with Crippen LogP contribution in [0.1, 0.15) is 30.6 Å². The minimum Gasteiger partial charge on any atom is -0.462 e. The second kappa shape index (κ2) is 8.39. The zero-order valence-corrected chi connectivity index (χ0v) is 14.3. The van der Waals surface area contributed by atoms with E-state index in [-0.39, 0.29) is 30.7 Å². The lowest BCUT2D eigenvalue weighted by Gasteiger charge is -2.14. The van der Waals surface area contributed by atoms with Crippen LogP contribution < -0.4 is 15.5 Å². The molecule has 2 rings (SSSR count). The number of nitrogens with one attached hydrogen (secondary N) is 1. The first-order valence-corrected chi connectivity index (χ1v) is 8.15. The number of ether oxygens (including phenoxy) is 1. The highest BCUT2D eigenvalue weighted by molar-refractivity contribution is 6.21. The number of anilines is 1. The largest absolute Gasteiger partial charge is 0.462 e. The van der Waals surface area contributed by atoms with Crippen molar-refractivity contribution in [1.29, 1.82) is 0 Å². The molecule has 1 saturated heterocycles. The van der Waals surface area contributed by atoms with Crippen LogP contribution in [0.2, 0.25) is 0 Å². The highest BCUT2D eigenvalue weighted by Crippen LogP contribution is 2.22. The Hall–Kier alpha value is -2.74. The molecule has 0 bridgehead atoms. The lowest BCUT2D eigenvalue weighted by molar-refractivity contribution is -0.672. The van der Waals surface area contributed by atoms with Gasteiger partial charge in [0, 0.05) is 6.92 Å². The first-order valence-electron chi connectivity index (χ1n) is 8.15. The van der Waals surface area contributed by atoms with Gasteiger partial charge in [-0.25, -0.2) is 9.69 Å². The summed E-state index contributed by atoms with van der Waals surface area (Å²) in [5, 5.41) is 4.39. The number of rotatable bonds is 7. The summed E-state index contributed by atoms with van der Waals surface area (Å²) in [4.78, 5) is 48.2. The van der Waals surface area contributed by atoms with Gasteiger partial charge in [-0.15, -0.1) is 0 Å². The third-order valence-electron chi connectivity index (χ3n) is 3.79. The summed E-state index contributed by atoms with van der Waals surface area (Å²) in [5.74, 6) is -1.16. The van der Waals surface area contributed by atoms with Crippen LogP contribution in [0.4, 0.5) is 5.69 Å². The lowest BCUT2D eigenvalue weighted by Crippen LogP contribution is -2.92. The molecule has 3 amide bonds. The molecule has 1 heterocycles. The number of nitrogens with zero attached hydrogens (tertiary/aromatic N) is 1. The van der Waals surface area contributed by atoms with Gasteiger partial charge in [0.15, 0.2) is 6.04 Å². The first-order chi connectivity index (χ1) is 11.9. The maximum Gasteiger partial charge on any atom is 0.338 e. The molecule has 1 aromatic rings. The van der Waals surface area contributed by atoms with Gasteiger partial charge in [0.25, 0.3) is 5.91 Å². The number of imide groups is 1. The van der Waals surface area contributed by atoms with Crippen molar-refractivity contribution in [3.8, 4) is 0 Å². The van der Waals surface area contributed by atoms with E-state index in [1.54, 1.807) is 24.4 Å². The van der Waals surface area contributed by atoms with Crippen LogP contribution in [0, 0.1) is 0 Å². The van der Waals surface area contributed by atoms with Gasteiger partial charge in [-0.1, -0.05) is 0 Å². The van der Waals surface area contributed by atoms with Gasteiger partial charge in [0.2, 0.25) is 11.8 Å². The smallest absolute Gasteiger partial charge is 0.338 e. The molecule has 25 heavy (non-hydrogen) atoms. The Bertz CT molecular complexity index is 671. The van der Waals surface area contributed by atoms with E-state index in [2.05, 4.69) is 5.32 Å². The Morgan fingerprint density at radius 1 is 1.28 bits per heavy atom. The fraction of sp³-hybridized carbons (Fsp3) is 0.412. The molecule has 8 nitrogen and oxygen atoms in total. The number of quaternary nitrogens is 1. The van der Waals surface area contributed by atoms with E-state index in [4.69, 9.17) is 4.74 Å². The molecule has 0 aliphatic carbocycles. The maximum absolute atomic E-state index is 12.5. The molecule has 134 valence electrons. The third kappa shape index (κ3) is 4.63. The van der Waals surface area contributed by atoms with E-state index in [9.17, 15) is 19.2 Å². The average molecular weight is 348 g/mol. The van der Waals surface area contributed by atoms with Crippen LogP contribution in [-0.2, 0) is 19.1 Å². The van der Waals surface area contributed by atoms with Gasteiger partial charge in [0.1, 0.15) is 0 Å². The SMILES string of the molecule is CCOC(=O)c1ccc(N2C(=O)C[C@H]([NH2+]CCNC(C)=O)C2=O)cc1. The summed E-state index contributed by atoms with van der Waals surface area (Å²) in [6, 6.07) is 5.68. The second-order valence-electron chi connectivity index (χ2n) is 5.65. The maximum atomic E-state index is 12.5. The topological polar surface area (TPSA) is 109 Å². The molecule has 1 atom stereocenters. The van der Waals surface area contributed by atoms with Crippen molar-refractivity contribution in [3.63, 3.8) is 0 Å². The van der Waals surface area contributed by atoms with Crippen molar-refractivity contribution in [2.75, 3.05) is 24.6 Å². The van der Waals surface area contributed by atoms with E-state index in [0.717, 1.165) is 4.90 Å². The summed E-state index contributed by atoms with van der Waals surface area (Å²) >= 11 is 0. The Labute approximate surface area is 145 Å². The van der Waals surface area contributed by atoms with Crippen molar-refractivity contribution >= 4 is 29.4 Å². The minimum atomic E-state index is -0.494. The fourth-order valence-corrected chi connectivity index (χ4v) is 2.60. The Balaban J connectivity index is 1.99. The average Bonchev–Trinajstić information content (AvgIpc) is 2.86. The van der Waals surface area contributed by atoms with E-state index >= 15 is 0 Å². The van der Waals surface area contributed by atoms with Crippen LogP contribution in [0.25, 0.3) is 0 Å². The monoisotopic (exact) mass is 348 g/mol. The van der Waals surface area contributed by atoms with Crippen LogP contribution in [0.5, 0.6) is 0 Å². The Kier molecular flexibility index (Phi) is 6.24. The van der Waals surface area contributed by atoms with Gasteiger partial charge in [-0.3, -0.25) is 14.4 Å². The van der Waals surface area contributed by atoms with Gasteiger partial charge < -0.3 is 15.4 Å². The van der Waals surface area contributed by atoms with Crippen LogP contribution >= 0.6 is 0 Å². The number of carbonyl (C=O) groups excluding carboxylic acids is 4. The first kappa shape index (κ1) is 18.6. The van der Waals surface area contributed by atoms with E-state index in [0.29, 0.717) is 24.3 Å². The molecule has 3 N–H and O–H groups in total. The number of nitrogens with two attached hydrogens (primary N) is 1. The third-order valence-corrected chi connectivity index (χ3v) is 3.79. The molecule has 0 radical (unpaired) electrons. The highest BCUT2D eigenvalue weighted by atomic mass is 16.5. The van der Waals surface area contributed by atoms with E-state index in [1.165, 1.54) is 19.1 Å². The summed E-state index contributed by atoms with van der Waals surface area (Å²) < 4.78 is 4.90. The number of hydrogen-bond donors (Lipinski definition) is 2. The molecule has 0 unspecified atom stereocenters. The molecule has 1 aliphatic rings. The molecule has 0 aromatic heterocycles. The van der Waals surface area contributed by atoms with Crippen molar-refractivity contribution < 1.29 is 29.2 Å². The Morgan fingerprint density at radius 3 is 2.56 bits per heavy atom. The second-order valence-corrected chi connectivity index (χ2v) is 5.65. The molecule has 1 aromatic carbocycles. The van der Waals surface area contributed by atoms with Crippen LogP contribution in [0.3, 0.4) is 0 Å². The standard InChI is InChI=1S/C17H21N3O5/c1-3-25-17(24)12-4-6-13(7-5-12)20-15(22)10-14(16(20)23)19-9-8-18-11(2)21/h4-7,14,19H,3,8-10H2,1-2H3,(H,18,21)/p+1/t14-/m0/s1. The fourth-order valence-electron chi connectivity index (χ4n) is 2.60. The summed E-state index contributed by atoms with van der Waals surface area (Å²) in [6.45, 7) is 4.36. The molecule has 0 spiro atoms. The van der Waals surface area contributed by atoms with Gasteiger partial charge >= 0.3 is 5.97 Å². The van der Waals surface area contributed by atoms with Crippen LogP contribution in [0.15, 0.2) is 24.3 Å². The molecular formula is C17H22N3O5+. The van der Waals surface area contributed by atoms with Gasteiger partial charge in [-0.05, 0) is 31.2 Å². The lowest BCUT2D eigenvalue weighted by atomic mass is 10.2. The molecule has 0 saturated carbocycles. The quantitative estimate of drug-likeness (QED) is 0.381. The van der Waals surface area contributed by atoms with Crippen LogP contribution in [-0.4, -0.2) is 49.4 Å². The van der Waals surface area contributed by atoms with Crippen molar-refractivity contribution in [2.45, 2.75) is 26.3 Å². The predicted octanol–water partition coefficient (Wildman–Crippen LogP) is -0.805. The Morgan fingerprint density at radius 2 is 1.96 bits per heavy atom. The summed E-state index contributed by atoms with van der Waals surface area (Å²) in [7, 11) is 0. The molecular weight excluding hydrogens is 326 g/mol. The number of benzene rings is 1. The summed E-state index contributed by atoms with van der Waals surface area (Å²) in [5.41, 5.74) is 0.795. The molecule has 8 heteroatoms. The number of carbonyl (C=O) groups is 4. The van der Waals surface area contributed by atoms with Gasteiger partial charge in [-0.2, -0.15) is 0 Å². The summed E-state index contributed by atoms with van der Waals surface area (Å²) in [6.07, 6.45) is 0.110. The normalized spacial score (nSPS) is 16.9. The van der Waals surface area contributed by atoms with Crippen molar-refractivity contribution in [2.24, 2.45) is 0 Å². The van der Waals surface area contributed by atoms with Gasteiger partial charge in [0.05, 0.1) is 37.4 Å². The van der Waals surface area contributed by atoms with Crippen molar-refractivity contribution in [3.05, 3.63) is 29.8 Å². The highest BCUT2D eigenvalue weighted by Gasteiger charge is 2.42. The molecule has 1 fully saturated rings. The van der Waals surface area contributed by atoms with E-state index < -0.39 is 12.0 Å². The molecule has 1 aliphatic heterocycles. The number of esters is 1. The predicted molar refractivity (Wildman–Crippen MR) is 88.8 cm³/mol. The number of amides is 3. The minimum absolute atomic E-state index is 0.110.